The van der Waals surface area contributed by atoms with Gasteiger partial charge in [-0.3, -0.25) is 19.2 Å². The molecule has 0 aliphatic heterocycles. The zero-order valence-electron chi connectivity index (χ0n) is 21.8. The summed E-state index contributed by atoms with van der Waals surface area (Å²) >= 11 is 0. The number of hydrogen-bond acceptors (Lipinski definition) is 6. The second-order valence-corrected chi connectivity index (χ2v) is 12.0. The first-order valence-electron chi connectivity index (χ1n) is 13.6. The number of hydrogen-bond donors (Lipinski definition) is 3. The number of ether oxygens (including phenoxy) is 1. The fourth-order valence-electron chi connectivity index (χ4n) is 7.93. The van der Waals surface area contributed by atoms with Crippen molar-refractivity contribution in [2.45, 2.75) is 103 Å². The molecule has 0 aromatic carbocycles. The summed E-state index contributed by atoms with van der Waals surface area (Å²) in [5.74, 6) is -1.70. The van der Waals surface area contributed by atoms with Crippen molar-refractivity contribution in [2.75, 3.05) is 0 Å². The van der Waals surface area contributed by atoms with E-state index in [-0.39, 0.29) is 48.4 Å². The van der Waals surface area contributed by atoms with Crippen LogP contribution in [0.2, 0.25) is 0 Å². The van der Waals surface area contributed by atoms with Crippen LogP contribution in [0, 0.1) is 28.6 Å². The van der Waals surface area contributed by atoms with Crippen LogP contribution in [-0.2, 0) is 28.7 Å². The number of aliphatic carboxylic acids is 2. The topological polar surface area (TPSA) is 147 Å². The molecule has 4 aliphatic carbocycles. The van der Waals surface area contributed by atoms with Crippen LogP contribution >= 0.6 is 0 Å². The van der Waals surface area contributed by atoms with Gasteiger partial charge in [-0.25, -0.2) is 4.79 Å². The van der Waals surface area contributed by atoms with Crippen molar-refractivity contribution in [2.24, 2.45) is 28.6 Å². The Morgan fingerprint density at radius 1 is 1.00 bits per heavy atom. The predicted molar refractivity (Wildman–Crippen MR) is 132 cm³/mol. The average molecular weight is 518 g/mol. The van der Waals surface area contributed by atoms with Crippen LogP contribution in [0.4, 0.5) is 0 Å². The van der Waals surface area contributed by atoms with Crippen LogP contribution in [0.1, 0.15) is 90.9 Å². The summed E-state index contributed by atoms with van der Waals surface area (Å²) in [5.41, 5.74) is 1.33. The molecule has 3 saturated carbocycles. The fourth-order valence-corrected chi connectivity index (χ4v) is 7.93. The predicted octanol–water partition coefficient (Wildman–Crippen LogP) is 3.64. The van der Waals surface area contributed by atoms with E-state index in [1.54, 1.807) is 0 Å². The number of carboxylic acids is 2. The summed E-state index contributed by atoms with van der Waals surface area (Å²) in [4.78, 5) is 58.9. The third kappa shape index (κ3) is 5.46. The lowest BCUT2D eigenvalue weighted by Crippen LogP contribution is -2.51. The molecule has 3 N–H and O–H groups in total. The van der Waals surface area contributed by atoms with Crippen molar-refractivity contribution in [3.8, 4) is 0 Å². The Bertz CT molecular complexity index is 1000. The summed E-state index contributed by atoms with van der Waals surface area (Å²) in [7, 11) is 0. The maximum absolute atomic E-state index is 12.7. The maximum Gasteiger partial charge on any atom is 0.326 e. The summed E-state index contributed by atoms with van der Waals surface area (Å²) < 4.78 is 5.92. The third-order valence-electron chi connectivity index (χ3n) is 9.99. The highest BCUT2D eigenvalue weighted by Gasteiger charge is 2.59. The largest absolute Gasteiger partial charge is 0.481 e. The third-order valence-corrected chi connectivity index (χ3v) is 9.99. The minimum absolute atomic E-state index is 0.0958. The molecule has 0 radical (unpaired) electrons. The van der Waals surface area contributed by atoms with Crippen LogP contribution < -0.4 is 5.32 Å². The standard InChI is InChI=1S/C28H39NO8/c1-27-13-11-17(30)15-16(27)3-4-18-19-5-7-22(28(19,2)14-12-20(18)27)37-25(34)10-8-23(31)29-21(26(35)36)6-9-24(32)33/h15,18-22H,3-14H2,1-2H3,(H,29,31)(H,32,33)(H,35,36)/t18-,19-,20-,21+,22-,27-,28-/m0/s1. The molecule has 3 fully saturated rings. The molecule has 4 aliphatic rings. The Balaban J connectivity index is 1.31. The molecular formula is C28H39NO8. The summed E-state index contributed by atoms with van der Waals surface area (Å²) in [5, 5.41) is 20.2. The van der Waals surface area contributed by atoms with Crippen LogP contribution in [0.25, 0.3) is 0 Å². The highest BCUT2D eigenvalue weighted by molar-refractivity contribution is 5.91. The van der Waals surface area contributed by atoms with Crippen LogP contribution in [-0.4, -0.2) is 52.0 Å². The number of esters is 1. The van der Waals surface area contributed by atoms with Crippen molar-refractivity contribution < 1.29 is 38.9 Å². The van der Waals surface area contributed by atoms with Crippen molar-refractivity contribution >= 4 is 29.6 Å². The van der Waals surface area contributed by atoms with Gasteiger partial charge in [-0.2, -0.15) is 0 Å². The van der Waals surface area contributed by atoms with E-state index in [4.69, 9.17) is 9.84 Å². The molecule has 1 amide bonds. The van der Waals surface area contributed by atoms with Crippen molar-refractivity contribution in [3.63, 3.8) is 0 Å². The van der Waals surface area contributed by atoms with Gasteiger partial charge in [-0.1, -0.05) is 19.4 Å². The summed E-state index contributed by atoms with van der Waals surface area (Å²) in [6, 6.07) is -1.31. The summed E-state index contributed by atoms with van der Waals surface area (Å²) in [6.45, 7) is 4.59. The normalized spacial score (nSPS) is 35.3. The monoisotopic (exact) mass is 517 g/mol. The number of carboxylic acid groups (broad SMARTS) is 2. The SMILES string of the molecule is C[C@]12CC[C@H]3[C@@H](CCC4=CC(=O)CC[C@@]43C)[C@@H]1CC[C@@H]2OC(=O)CCC(=O)N[C@H](CCC(=O)O)C(=O)O. The van der Waals surface area contributed by atoms with Gasteiger partial charge < -0.3 is 20.3 Å². The molecule has 0 bridgehead atoms. The number of carbonyl (C=O) groups is 5. The molecular weight excluding hydrogens is 478 g/mol. The number of carbonyl (C=O) groups excluding carboxylic acids is 3. The number of rotatable bonds is 9. The zero-order chi connectivity index (χ0) is 27.0. The molecule has 7 atom stereocenters. The van der Waals surface area contributed by atoms with Crippen LogP contribution in [0.5, 0.6) is 0 Å². The molecule has 0 heterocycles. The van der Waals surface area contributed by atoms with Gasteiger partial charge in [0.15, 0.2) is 5.78 Å². The molecule has 37 heavy (non-hydrogen) atoms. The first-order valence-corrected chi connectivity index (χ1v) is 13.6. The van der Waals surface area contributed by atoms with E-state index in [2.05, 4.69) is 19.2 Å². The number of fused-ring (bicyclic) bond motifs is 5. The van der Waals surface area contributed by atoms with Gasteiger partial charge in [0.05, 0.1) is 6.42 Å². The van der Waals surface area contributed by atoms with Gasteiger partial charge in [-0.15, -0.1) is 0 Å². The minimum Gasteiger partial charge on any atom is -0.481 e. The van der Waals surface area contributed by atoms with E-state index >= 15 is 0 Å². The first kappa shape index (κ1) is 27.3. The number of ketones is 1. The molecule has 4 rings (SSSR count). The van der Waals surface area contributed by atoms with Crippen LogP contribution in [0.15, 0.2) is 11.6 Å². The molecule has 0 unspecified atom stereocenters. The average Bonchev–Trinajstić information content (AvgIpc) is 3.16. The second kappa shape index (κ2) is 10.6. The van der Waals surface area contributed by atoms with Crippen LogP contribution in [0.3, 0.4) is 0 Å². The van der Waals surface area contributed by atoms with E-state index in [0.29, 0.717) is 24.2 Å². The Hall–Kier alpha value is -2.71. The minimum atomic E-state index is -1.31. The smallest absolute Gasteiger partial charge is 0.326 e. The van der Waals surface area contributed by atoms with E-state index in [1.165, 1.54) is 5.57 Å². The second-order valence-electron chi connectivity index (χ2n) is 12.0. The van der Waals surface area contributed by atoms with Crippen molar-refractivity contribution in [1.82, 2.24) is 5.32 Å². The van der Waals surface area contributed by atoms with Gasteiger partial charge >= 0.3 is 17.9 Å². The van der Waals surface area contributed by atoms with Gasteiger partial charge in [0.25, 0.3) is 0 Å². The number of allylic oxidation sites excluding steroid dienone is 1. The van der Waals surface area contributed by atoms with Crippen molar-refractivity contribution in [1.29, 1.82) is 0 Å². The Morgan fingerprint density at radius 3 is 2.46 bits per heavy atom. The van der Waals surface area contributed by atoms with Crippen molar-refractivity contribution in [3.05, 3.63) is 11.6 Å². The van der Waals surface area contributed by atoms with Gasteiger partial charge in [0.1, 0.15) is 12.1 Å². The number of nitrogens with one attached hydrogen (secondary N) is 1. The summed E-state index contributed by atoms with van der Waals surface area (Å²) in [6.07, 6.45) is 8.20. The van der Waals surface area contributed by atoms with Gasteiger partial charge in [0, 0.05) is 24.7 Å². The Kier molecular flexibility index (Phi) is 7.81. The van der Waals surface area contributed by atoms with Gasteiger partial charge in [-0.05, 0) is 80.6 Å². The quantitative estimate of drug-likeness (QED) is 0.393. The molecule has 9 heteroatoms. The van der Waals surface area contributed by atoms with E-state index in [1.807, 2.05) is 6.08 Å². The highest BCUT2D eigenvalue weighted by Crippen LogP contribution is 2.65. The molecule has 0 spiro atoms. The number of amides is 1. The molecule has 0 aromatic rings. The zero-order valence-corrected chi connectivity index (χ0v) is 21.8. The Morgan fingerprint density at radius 2 is 1.76 bits per heavy atom. The first-order chi connectivity index (χ1) is 17.4. The van der Waals surface area contributed by atoms with E-state index in [9.17, 15) is 29.1 Å². The molecule has 204 valence electrons. The lowest BCUT2D eigenvalue weighted by atomic mass is 9.47. The fraction of sp³-hybridized carbons (Fsp3) is 0.750. The Labute approximate surface area is 217 Å². The molecule has 0 saturated heterocycles. The molecule has 0 aromatic heterocycles. The molecule has 9 nitrogen and oxygen atoms in total. The lowest BCUT2D eigenvalue weighted by molar-refractivity contribution is -0.160. The van der Waals surface area contributed by atoms with Gasteiger partial charge in [0.2, 0.25) is 5.91 Å². The lowest BCUT2D eigenvalue weighted by Gasteiger charge is -2.57. The van der Waals surface area contributed by atoms with E-state index < -0.39 is 29.9 Å². The van der Waals surface area contributed by atoms with E-state index in [0.717, 1.165) is 44.9 Å². The maximum atomic E-state index is 12.7. The highest BCUT2D eigenvalue weighted by atomic mass is 16.5.